The largest absolute Gasteiger partial charge is 0.444 e. The van der Waals surface area contributed by atoms with Gasteiger partial charge in [-0.15, -0.1) is 0 Å². The molecule has 0 atom stereocenters. The molecule has 2 aromatic rings. The van der Waals surface area contributed by atoms with E-state index in [2.05, 4.69) is 26.0 Å². The highest BCUT2D eigenvalue weighted by Crippen LogP contribution is 2.18. The minimum Gasteiger partial charge on any atom is -0.444 e. The minimum absolute atomic E-state index is 0.110. The van der Waals surface area contributed by atoms with E-state index in [1.54, 1.807) is 11.1 Å². The molecule has 1 aliphatic heterocycles. The first-order chi connectivity index (χ1) is 10.8. The summed E-state index contributed by atoms with van der Waals surface area (Å²) in [5.41, 5.74) is 1.33. The molecule has 1 amide bonds. The summed E-state index contributed by atoms with van der Waals surface area (Å²) in [6.45, 7) is 6.46. The Morgan fingerprint density at radius 2 is 2.04 bits per heavy atom. The van der Waals surface area contributed by atoms with E-state index >= 15 is 0 Å². The predicted octanol–water partition coefficient (Wildman–Crippen LogP) is 2.12. The molecule has 23 heavy (non-hydrogen) atoms. The fourth-order valence-electron chi connectivity index (χ4n) is 2.63. The zero-order chi connectivity index (χ0) is 16.8. The SMILES string of the molecule is CC(C)(C)OC(=O)N1CCc2nc3c(Br)c[nH]n3c(=O)c2CC1. The zero-order valence-electron chi connectivity index (χ0n) is 13.4. The number of aromatic amines is 1. The summed E-state index contributed by atoms with van der Waals surface area (Å²) >= 11 is 3.38. The van der Waals surface area contributed by atoms with Gasteiger partial charge in [0.15, 0.2) is 5.65 Å². The lowest BCUT2D eigenvalue weighted by molar-refractivity contribution is 0.0258. The van der Waals surface area contributed by atoms with Gasteiger partial charge < -0.3 is 9.64 Å². The summed E-state index contributed by atoms with van der Waals surface area (Å²) in [7, 11) is 0. The first kappa shape index (κ1) is 16.0. The number of aromatic nitrogens is 3. The number of nitrogens with zero attached hydrogens (tertiary/aromatic N) is 3. The third-order valence-electron chi connectivity index (χ3n) is 3.70. The zero-order valence-corrected chi connectivity index (χ0v) is 14.9. The lowest BCUT2D eigenvalue weighted by atomic mass is 10.1. The molecule has 0 aliphatic carbocycles. The van der Waals surface area contributed by atoms with Gasteiger partial charge in [-0.1, -0.05) is 0 Å². The molecule has 3 heterocycles. The third-order valence-corrected chi connectivity index (χ3v) is 4.28. The number of carbonyl (C=O) groups excluding carboxylic acids is 1. The van der Waals surface area contributed by atoms with E-state index in [4.69, 9.17) is 4.74 Å². The van der Waals surface area contributed by atoms with Gasteiger partial charge in [0.05, 0.1) is 10.2 Å². The van der Waals surface area contributed by atoms with E-state index in [0.29, 0.717) is 37.1 Å². The maximum atomic E-state index is 12.6. The lowest BCUT2D eigenvalue weighted by Gasteiger charge is -2.26. The topological polar surface area (TPSA) is 79.7 Å². The number of ether oxygens (including phenoxy) is 1. The summed E-state index contributed by atoms with van der Waals surface area (Å²) < 4.78 is 7.58. The molecule has 7 nitrogen and oxygen atoms in total. The molecule has 0 saturated heterocycles. The van der Waals surface area contributed by atoms with Crippen molar-refractivity contribution in [3.8, 4) is 0 Å². The summed E-state index contributed by atoms with van der Waals surface area (Å²) in [5.74, 6) is 0. The first-order valence-electron chi connectivity index (χ1n) is 7.51. The quantitative estimate of drug-likeness (QED) is 0.756. The van der Waals surface area contributed by atoms with E-state index in [1.807, 2.05) is 20.8 Å². The van der Waals surface area contributed by atoms with Gasteiger partial charge in [-0.3, -0.25) is 9.89 Å². The van der Waals surface area contributed by atoms with E-state index in [9.17, 15) is 9.59 Å². The van der Waals surface area contributed by atoms with Crippen molar-refractivity contribution in [1.82, 2.24) is 19.5 Å². The fourth-order valence-corrected chi connectivity index (χ4v) is 3.00. The number of halogens is 1. The smallest absolute Gasteiger partial charge is 0.410 e. The second kappa shape index (κ2) is 5.67. The molecule has 124 valence electrons. The molecule has 0 saturated carbocycles. The predicted molar refractivity (Wildman–Crippen MR) is 88.7 cm³/mol. The monoisotopic (exact) mass is 382 g/mol. The van der Waals surface area contributed by atoms with Gasteiger partial charge in [0.1, 0.15) is 5.60 Å². The molecule has 1 aliphatic rings. The standard InChI is InChI=1S/C15H19BrN4O3/c1-15(2,3)23-14(22)19-6-4-9-11(5-7-19)18-12-10(16)8-17-20(12)13(9)21/h8,17H,4-7H2,1-3H3. The Labute approximate surface area is 141 Å². The number of hydrogen-bond donors (Lipinski definition) is 1. The Hall–Kier alpha value is -1.83. The van der Waals surface area contributed by atoms with Crippen molar-refractivity contribution in [2.45, 2.75) is 39.2 Å². The van der Waals surface area contributed by atoms with Gasteiger partial charge in [-0.25, -0.2) is 14.3 Å². The van der Waals surface area contributed by atoms with Crippen LogP contribution < -0.4 is 5.56 Å². The van der Waals surface area contributed by atoms with Crippen molar-refractivity contribution in [2.24, 2.45) is 0 Å². The van der Waals surface area contributed by atoms with Gasteiger partial charge >= 0.3 is 6.09 Å². The van der Waals surface area contributed by atoms with Crippen LogP contribution in [0.2, 0.25) is 0 Å². The molecule has 0 bridgehead atoms. The van der Waals surface area contributed by atoms with Crippen molar-refractivity contribution in [2.75, 3.05) is 13.1 Å². The van der Waals surface area contributed by atoms with Gasteiger partial charge in [0, 0.05) is 31.3 Å². The summed E-state index contributed by atoms with van der Waals surface area (Å²) in [4.78, 5) is 31.0. The third kappa shape index (κ3) is 3.12. The van der Waals surface area contributed by atoms with Crippen molar-refractivity contribution in [1.29, 1.82) is 0 Å². The van der Waals surface area contributed by atoms with Crippen LogP contribution in [0.1, 0.15) is 32.0 Å². The van der Waals surface area contributed by atoms with Crippen molar-refractivity contribution >= 4 is 27.7 Å². The molecule has 0 aromatic carbocycles. The summed E-state index contributed by atoms with van der Waals surface area (Å²) in [6, 6.07) is 0. The van der Waals surface area contributed by atoms with Crippen LogP contribution in [0.3, 0.4) is 0 Å². The molecular formula is C15H19BrN4O3. The number of carbonyl (C=O) groups is 1. The fraction of sp³-hybridized carbons (Fsp3) is 0.533. The number of nitrogens with one attached hydrogen (secondary N) is 1. The molecule has 0 unspecified atom stereocenters. The van der Waals surface area contributed by atoms with Crippen molar-refractivity contribution < 1.29 is 9.53 Å². The van der Waals surface area contributed by atoms with Crippen LogP contribution in [0.25, 0.3) is 5.65 Å². The van der Waals surface area contributed by atoms with E-state index in [1.165, 1.54) is 4.52 Å². The summed E-state index contributed by atoms with van der Waals surface area (Å²) in [6.07, 6.45) is 2.35. The van der Waals surface area contributed by atoms with Crippen LogP contribution >= 0.6 is 15.9 Å². The van der Waals surface area contributed by atoms with Crippen molar-refractivity contribution in [3.05, 3.63) is 32.3 Å². The Morgan fingerprint density at radius 1 is 1.35 bits per heavy atom. The normalized spacial score (nSPS) is 15.4. The van der Waals surface area contributed by atoms with Crippen LogP contribution in [0.4, 0.5) is 4.79 Å². The van der Waals surface area contributed by atoms with E-state index < -0.39 is 5.60 Å². The number of H-pyrrole nitrogens is 1. The average molecular weight is 383 g/mol. The highest BCUT2D eigenvalue weighted by Gasteiger charge is 2.26. The lowest BCUT2D eigenvalue weighted by Crippen LogP contribution is -2.38. The number of fused-ring (bicyclic) bond motifs is 2. The number of amides is 1. The van der Waals surface area contributed by atoms with Gasteiger partial charge in [0.25, 0.3) is 5.56 Å². The Balaban J connectivity index is 1.89. The molecule has 8 heteroatoms. The molecule has 3 rings (SSSR count). The van der Waals surface area contributed by atoms with Gasteiger partial charge in [0.2, 0.25) is 0 Å². The molecule has 1 N–H and O–H groups in total. The molecule has 2 aromatic heterocycles. The number of hydrogen-bond acceptors (Lipinski definition) is 4. The average Bonchev–Trinajstić information content (AvgIpc) is 2.69. The van der Waals surface area contributed by atoms with Crippen LogP contribution in [-0.2, 0) is 17.6 Å². The summed E-state index contributed by atoms with van der Waals surface area (Å²) in [5, 5.41) is 2.88. The second-order valence-electron chi connectivity index (χ2n) is 6.59. The number of rotatable bonds is 0. The van der Waals surface area contributed by atoms with E-state index in [0.717, 1.165) is 10.2 Å². The van der Waals surface area contributed by atoms with Gasteiger partial charge in [-0.2, -0.15) is 0 Å². The minimum atomic E-state index is -0.533. The van der Waals surface area contributed by atoms with Crippen LogP contribution in [-0.4, -0.2) is 44.3 Å². The Bertz CT molecular complexity index is 818. The molecular weight excluding hydrogens is 364 g/mol. The van der Waals surface area contributed by atoms with Crippen LogP contribution in [0.15, 0.2) is 15.5 Å². The van der Waals surface area contributed by atoms with Crippen LogP contribution in [0, 0.1) is 0 Å². The molecule has 0 radical (unpaired) electrons. The first-order valence-corrected chi connectivity index (χ1v) is 8.31. The maximum Gasteiger partial charge on any atom is 0.410 e. The maximum absolute atomic E-state index is 12.6. The molecule has 0 fully saturated rings. The Kier molecular flexibility index (Phi) is 3.95. The van der Waals surface area contributed by atoms with E-state index in [-0.39, 0.29) is 11.7 Å². The Morgan fingerprint density at radius 3 is 2.74 bits per heavy atom. The second-order valence-corrected chi connectivity index (χ2v) is 7.44. The van der Waals surface area contributed by atoms with Crippen molar-refractivity contribution in [3.63, 3.8) is 0 Å². The highest BCUT2D eigenvalue weighted by atomic mass is 79.9. The highest BCUT2D eigenvalue weighted by molar-refractivity contribution is 9.10. The van der Waals surface area contributed by atoms with Gasteiger partial charge in [-0.05, 0) is 43.1 Å². The van der Waals surface area contributed by atoms with Crippen LogP contribution in [0.5, 0.6) is 0 Å². The molecule has 0 spiro atoms.